The van der Waals surface area contributed by atoms with Crippen LogP contribution in [0.5, 0.6) is 0 Å². The Kier molecular flexibility index (Phi) is 3.88. The van der Waals surface area contributed by atoms with Crippen LogP contribution in [0.2, 0.25) is 0 Å². The van der Waals surface area contributed by atoms with Crippen LogP contribution in [0.3, 0.4) is 0 Å². The summed E-state index contributed by atoms with van der Waals surface area (Å²) in [5.41, 5.74) is 1.29. The highest BCUT2D eigenvalue weighted by atomic mass is 16.5. The number of nitrogens with one attached hydrogen (secondary N) is 1. The van der Waals surface area contributed by atoms with E-state index >= 15 is 0 Å². The van der Waals surface area contributed by atoms with Crippen LogP contribution in [0.1, 0.15) is 30.2 Å². The lowest BCUT2D eigenvalue weighted by molar-refractivity contribution is 0.343. The monoisotopic (exact) mass is 231 g/mol. The molecule has 1 atom stereocenters. The molecule has 1 heterocycles. The van der Waals surface area contributed by atoms with E-state index in [1.807, 2.05) is 32.2 Å². The molecule has 0 aliphatic rings. The SMILES string of the molecule is CNC(C)c1nc(CCc2ccccc2)no1. The van der Waals surface area contributed by atoms with Crippen molar-refractivity contribution in [3.63, 3.8) is 0 Å². The number of benzene rings is 1. The zero-order valence-electron chi connectivity index (χ0n) is 10.2. The van der Waals surface area contributed by atoms with Gasteiger partial charge in [0.1, 0.15) is 0 Å². The summed E-state index contributed by atoms with van der Waals surface area (Å²) in [6.45, 7) is 1.99. The van der Waals surface area contributed by atoms with Crippen molar-refractivity contribution in [3.8, 4) is 0 Å². The van der Waals surface area contributed by atoms with E-state index in [0.29, 0.717) is 5.89 Å². The number of aryl methyl sites for hydroxylation is 2. The summed E-state index contributed by atoms with van der Waals surface area (Å²) in [5, 5.41) is 7.05. The zero-order chi connectivity index (χ0) is 12.1. The van der Waals surface area contributed by atoms with E-state index in [1.54, 1.807) is 0 Å². The summed E-state index contributed by atoms with van der Waals surface area (Å²) < 4.78 is 5.18. The Morgan fingerprint density at radius 1 is 1.24 bits per heavy atom. The quantitative estimate of drug-likeness (QED) is 0.856. The van der Waals surface area contributed by atoms with Gasteiger partial charge in [-0.1, -0.05) is 35.5 Å². The van der Waals surface area contributed by atoms with Crippen LogP contribution < -0.4 is 5.32 Å². The van der Waals surface area contributed by atoms with Crippen LogP contribution in [0.25, 0.3) is 0 Å². The fourth-order valence-electron chi connectivity index (χ4n) is 1.57. The number of hydrogen-bond donors (Lipinski definition) is 1. The molecule has 0 saturated carbocycles. The number of aromatic nitrogens is 2. The van der Waals surface area contributed by atoms with E-state index in [-0.39, 0.29) is 6.04 Å². The molecule has 0 amide bonds. The molecule has 0 bridgehead atoms. The lowest BCUT2D eigenvalue weighted by atomic mass is 10.1. The lowest BCUT2D eigenvalue weighted by Crippen LogP contribution is -2.12. The Hall–Kier alpha value is -1.68. The first-order valence-electron chi connectivity index (χ1n) is 5.83. The first-order chi connectivity index (χ1) is 8.29. The molecular weight excluding hydrogens is 214 g/mol. The highest BCUT2D eigenvalue weighted by molar-refractivity contribution is 5.15. The van der Waals surface area contributed by atoms with Gasteiger partial charge in [-0.15, -0.1) is 0 Å². The molecule has 90 valence electrons. The molecule has 17 heavy (non-hydrogen) atoms. The van der Waals surface area contributed by atoms with Crippen LogP contribution in [0.15, 0.2) is 34.9 Å². The van der Waals surface area contributed by atoms with Crippen molar-refractivity contribution >= 4 is 0 Å². The second-order valence-electron chi connectivity index (χ2n) is 4.04. The van der Waals surface area contributed by atoms with Crippen molar-refractivity contribution in [1.29, 1.82) is 0 Å². The Morgan fingerprint density at radius 2 is 2.00 bits per heavy atom. The van der Waals surface area contributed by atoms with Crippen LogP contribution in [-0.4, -0.2) is 17.2 Å². The molecule has 0 aliphatic heterocycles. The zero-order valence-corrected chi connectivity index (χ0v) is 10.2. The Labute approximate surface area is 101 Å². The normalized spacial score (nSPS) is 12.6. The van der Waals surface area contributed by atoms with Gasteiger partial charge >= 0.3 is 0 Å². The number of nitrogens with zero attached hydrogens (tertiary/aromatic N) is 2. The van der Waals surface area contributed by atoms with E-state index < -0.39 is 0 Å². The molecule has 0 radical (unpaired) electrons. The Balaban J connectivity index is 1.94. The molecule has 1 aromatic heterocycles. The maximum Gasteiger partial charge on any atom is 0.243 e. The molecule has 4 nitrogen and oxygen atoms in total. The predicted octanol–water partition coefficient (Wildman–Crippen LogP) is 2.14. The molecule has 4 heteroatoms. The summed E-state index contributed by atoms with van der Waals surface area (Å²) >= 11 is 0. The fraction of sp³-hybridized carbons (Fsp3) is 0.385. The Bertz CT molecular complexity index is 453. The van der Waals surface area contributed by atoms with E-state index in [4.69, 9.17) is 4.52 Å². The largest absolute Gasteiger partial charge is 0.338 e. The van der Waals surface area contributed by atoms with Gasteiger partial charge in [0, 0.05) is 6.42 Å². The van der Waals surface area contributed by atoms with E-state index in [1.165, 1.54) is 5.56 Å². The van der Waals surface area contributed by atoms with Crippen molar-refractivity contribution in [3.05, 3.63) is 47.6 Å². The molecular formula is C13H17N3O. The van der Waals surface area contributed by atoms with Crippen molar-refractivity contribution in [1.82, 2.24) is 15.5 Å². The van der Waals surface area contributed by atoms with Gasteiger partial charge in [0.2, 0.25) is 5.89 Å². The Morgan fingerprint density at radius 3 is 2.71 bits per heavy atom. The average Bonchev–Trinajstić information content (AvgIpc) is 2.85. The molecule has 0 saturated heterocycles. The highest BCUT2D eigenvalue weighted by Crippen LogP contribution is 2.10. The van der Waals surface area contributed by atoms with Crippen LogP contribution in [-0.2, 0) is 12.8 Å². The predicted molar refractivity (Wildman–Crippen MR) is 65.6 cm³/mol. The van der Waals surface area contributed by atoms with Gasteiger partial charge in [-0.2, -0.15) is 4.98 Å². The third-order valence-corrected chi connectivity index (χ3v) is 2.77. The minimum atomic E-state index is 0.105. The second kappa shape index (κ2) is 5.59. The minimum absolute atomic E-state index is 0.105. The van der Waals surface area contributed by atoms with Crippen molar-refractivity contribution < 1.29 is 4.52 Å². The van der Waals surface area contributed by atoms with Crippen molar-refractivity contribution in [2.75, 3.05) is 7.05 Å². The van der Waals surface area contributed by atoms with E-state index in [0.717, 1.165) is 18.7 Å². The van der Waals surface area contributed by atoms with E-state index in [2.05, 4.69) is 27.6 Å². The van der Waals surface area contributed by atoms with E-state index in [9.17, 15) is 0 Å². The van der Waals surface area contributed by atoms with Crippen molar-refractivity contribution in [2.45, 2.75) is 25.8 Å². The first-order valence-corrected chi connectivity index (χ1v) is 5.83. The molecule has 1 unspecified atom stereocenters. The molecule has 1 aromatic carbocycles. The molecule has 0 spiro atoms. The van der Waals surface area contributed by atoms with Gasteiger partial charge in [0.05, 0.1) is 6.04 Å². The summed E-state index contributed by atoms with van der Waals surface area (Å²) in [4.78, 5) is 4.36. The topological polar surface area (TPSA) is 51.0 Å². The van der Waals surface area contributed by atoms with Gasteiger partial charge in [-0.05, 0) is 26.0 Å². The molecule has 2 rings (SSSR count). The molecule has 2 aromatic rings. The van der Waals surface area contributed by atoms with Crippen LogP contribution >= 0.6 is 0 Å². The van der Waals surface area contributed by atoms with Crippen LogP contribution in [0, 0.1) is 0 Å². The number of hydrogen-bond acceptors (Lipinski definition) is 4. The highest BCUT2D eigenvalue weighted by Gasteiger charge is 2.11. The minimum Gasteiger partial charge on any atom is -0.338 e. The summed E-state index contributed by atoms with van der Waals surface area (Å²) in [5.74, 6) is 1.42. The second-order valence-corrected chi connectivity index (χ2v) is 4.04. The summed E-state index contributed by atoms with van der Waals surface area (Å²) in [6.07, 6.45) is 1.75. The fourth-order valence-corrected chi connectivity index (χ4v) is 1.57. The van der Waals surface area contributed by atoms with Gasteiger partial charge < -0.3 is 9.84 Å². The molecule has 0 fully saturated rings. The smallest absolute Gasteiger partial charge is 0.243 e. The molecule has 1 N–H and O–H groups in total. The first kappa shape index (κ1) is 11.8. The standard InChI is InChI=1S/C13H17N3O/c1-10(14-2)13-15-12(16-17-13)9-8-11-6-4-3-5-7-11/h3-7,10,14H,8-9H2,1-2H3. The molecule has 0 aliphatic carbocycles. The average molecular weight is 231 g/mol. The summed E-state index contributed by atoms with van der Waals surface area (Å²) in [7, 11) is 1.87. The summed E-state index contributed by atoms with van der Waals surface area (Å²) in [6, 6.07) is 10.4. The van der Waals surface area contributed by atoms with Crippen molar-refractivity contribution in [2.24, 2.45) is 0 Å². The van der Waals surface area contributed by atoms with Gasteiger partial charge in [0.25, 0.3) is 0 Å². The lowest BCUT2D eigenvalue weighted by Gasteiger charge is -2.01. The van der Waals surface area contributed by atoms with Crippen LogP contribution in [0.4, 0.5) is 0 Å². The maximum absolute atomic E-state index is 5.18. The third-order valence-electron chi connectivity index (χ3n) is 2.77. The van der Waals surface area contributed by atoms with Gasteiger partial charge in [-0.25, -0.2) is 0 Å². The third kappa shape index (κ3) is 3.14. The van der Waals surface area contributed by atoms with Gasteiger partial charge in [0.15, 0.2) is 5.82 Å². The van der Waals surface area contributed by atoms with Gasteiger partial charge in [-0.3, -0.25) is 0 Å². The maximum atomic E-state index is 5.18. The number of rotatable bonds is 5.